The van der Waals surface area contributed by atoms with Gasteiger partial charge in [-0.15, -0.1) is 16.7 Å². The van der Waals surface area contributed by atoms with Crippen LogP contribution in [0.25, 0.3) is 0 Å². The van der Waals surface area contributed by atoms with E-state index in [2.05, 4.69) is 29.4 Å². The number of hydrogen-bond acceptors (Lipinski definition) is 3. The van der Waals surface area contributed by atoms with Crippen molar-refractivity contribution in [3.05, 3.63) is 17.8 Å². The molecule has 0 aliphatic heterocycles. The number of aromatic nitrogens is 2. The molecule has 0 amide bonds. The van der Waals surface area contributed by atoms with Crippen LogP contribution in [0.15, 0.2) is 12.1 Å². The topological polar surface area (TPSA) is 37.8 Å². The van der Waals surface area contributed by atoms with Crippen molar-refractivity contribution in [2.45, 2.75) is 26.8 Å². The summed E-state index contributed by atoms with van der Waals surface area (Å²) >= 11 is 5.76. The molecule has 0 radical (unpaired) electrons. The van der Waals surface area contributed by atoms with E-state index in [0.717, 1.165) is 11.5 Å². The van der Waals surface area contributed by atoms with E-state index in [4.69, 9.17) is 11.6 Å². The van der Waals surface area contributed by atoms with Crippen molar-refractivity contribution < 1.29 is 0 Å². The van der Waals surface area contributed by atoms with Gasteiger partial charge in [0, 0.05) is 11.9 Å². The Hall–Kier alpha value is -0.830. The molecular formula is C10H16ClN3. The molecule has 1 aromatic heterocycles. The SMILES string of the molecule is Cc1ccc(NC(C)C(C)CCl)nn1. The van der Waals surface area contributed by atoms with Crippen LogP contribution in [0.2, 0.25) is 0 Å². The summed E-state index contributed by atoms with van der Waals surface area (Å²) in [6, 6.07) is 4.18. The minimum Gasteiger partial charge on any atom is -0.366 e. The second kappa shape index (κ2) is 5.15. The lowest BCUT2D eigenvalue weighted by atomic mass is 10.1. The molecule has 1 heterocycles. The molecular weight excluding hydrogens is 198 g/mol. The second-order valence-electron chi connectivity index (χ2n) is 3.62. The zero-order chi connectivity index (χ0) is 10.6. The third kappa shape index (κ3) is 3.14. The number of nitrogens with one attached hydrogen (secondary N) is 1. The van der Waals surface area contributed by atoms with Crippen LogP contribution < -0.4 is 5.32 Å². The van der Waals surface area contributed by atoms with E-state index in [0.29, 0.717) is 17.8 Å². The van der Waals surface area contributed by atoms with Crippen LogP contribution in [-0.2, 0) is 0 Å². The van der Waals surface area contributed by atoms with Crippen LogP contribution in [-0.4, -0.2) is 22.1 Å². The zero-order valence-corrected chi connectivity index (χ0v) is 9.54. The molecule has 1 aromatic rings. The molecule has 2 atom stereocenters. The van der Waals surface area contributed by atoms with Crippen LogP contribution in [0.1, 0.15) is 19.5 Å². The van der Waals surface area contributed by atoms with Crippen LogP contribution >= 0.6 is 11.6 Å². The Morgan fingerprint density at radius 2 is 2.07 bits per heavy atom. The van der Waals surface area contributed by atoms with Gasteiger partial charge in [-0.2, -0.15) is 5.10 Å². The summed E-state index contributed by atoms with van der Waals surface area (Å²) in [6.45, 7) is 6.11. The van der Waals surface area contributed by atoms with E-state index < -0.39 is 0 Å². The van der Waals surface area contributed by atoms with E-state index in [1.54, 1.807) is 0 Å². The smallest absolute Gasteiger partial charge is 0.148 e. The first kappa shape index (κ1) is 11.2. The molecule has 0 bridgehead atoms. The largest absolute Gasteiger partial charge is 0.366 e. The van der Waals surface area contributed by atoms with Crippen molar-refractivity contribution in [3.63, 3.8) is 0 Å². The third-order valence-corrected chi connectivity index (χ3v) is 2.76. The molecule has 1 rings (SSSR count). The molecule has 78 valence electrons. The number of nitrogens with zero attached hydrogens (tertiary/aromatic N) is 2. The van der Waals surface area contributed by atoms with Crippen molar-refractivity contribution in [1.82, 2.24) is 10.2 Å². The molecule has 0 aliphatic rings. The molecule has 0 aromatic carbocycles. The molecule has 14 heavy (non-hydrogen) atoms. The fourth-order valence-electron chi connectivity index (χ4n) is 0.985. The predicted molar refractivity (Wildman–Crippen MR) is 59.7 cm³/mol. The fourth-order valence-corrected chi connectivity index (χ4v) is 1.25. The molecule has 0 saturated heterocycles. The lowest BCUT2D eigenvalue weighted by Gasteiger charge is -2.19. The van der Waals surface area contributed by atoms with Gasteiger partial charge in [0.1, 0.15) is 5.82 Å². The molecule has 0 saturated carbocycles. The number of anilines is 1. The summed E-state index contributed by atoms with van der Waals surface area (Å²) in [4.78, 5) is 0. The van der Waals surface area contributed by atoms with Gasteiger partial charge in [0.25, 0.3) is 0 Å². The first-order valence-electron chi connectivity index (χ1n) is 4.76. The highest BCUT2D eigenvalue weighted by Gasteiger charge is 2.10. The van der Waals surface area contributed by atoms with Crippen LogP contribution in [0.4, 0.5) is 5.82 Å². The number of rotatable bonds is 4. The summed E-state index contributed by atoms with van der Waals surface area (Å²) in [5, 5.41) is 11.3. The quantitative estimate of drug-likeness (QED) is 0.781. The van der Waals surface area contributed by atoms with Gasteiger partial charge in [0.05, 0.1) is 5.69 Å². The summed E-state index contributed by atoms with van der Waals surface area (Å²) in [5.74, 6) is 1.87. The minimum absolute atomic E-state index is 0.310. The van der Waals surface area contributed by atoms with Gasteiger partial charge >= 0.3 is 0 Å². The molecule has 0 spiro atoms. The van der Waals surface area contributed by atoms with Crippen molar-refractivity contribution in [3.8, 4) is 0 Å². The molecule has 4 heteroatoms. The predicted octanol–water partition coefficient (Wildman–Crippen LogP) is 2.46. The van der Waals surface area contributed by atoms with Crippen LogP contribution in [0, 0.1) is 12.8 Å². The van der Waals surface area contributed by atoms with Crippen molar-refractivity contribution in [1.29, 1.82) is 0 Å². The van der Waals surface area contributed by atoms with E-state index in [9.17, 15) is 0 Å². The molecule has 2 unspecified atom stereocenters. The second-order valence-corrected chi connectivity index (χ2v) is 3.93. The lowest BCUT2D eigenvalue weighted by Crippen LogP contribution is -2.25. The maximum Gasteiger partial charge on any atom is 0.148 e. The average molecular weight is 214 g/mol. The van der Waals surface area contributed by atoms with E-state index in [-0.39, 0.29) is 0 Å². The third-order valence-electron chi connectivity index (χ3n) is 2.27. The first-order valence-corrected chi connectivity index (χ1v) is 5.29. The maximum absolute atomic E-state index is 5.76. The monoisotopic (exact) mass is 213 g/mol. The van der Waals surface area contributed by atoms with Crippen molar-refractivity contribution in [2.75, 3.05) is 11.2 Å². The van der Waals surface area contributed by atoms with Crippen molar-refractivity contribution >= 4 is 17.4 Å². The maximum atomic E-state index is 5.76. The highest BCUT2D eigenvalue weighted by Crippen LogP contribution is 2.10. The Balaban J connectivity index is 2.56. The summed E-state index contributed by atoms with van der Waals surface area (Å²) in [5.41, 5.74) is 0.925. The standard InChI is InChI=1S/C10H16ClN3/c1-7(6-11)9(3)12-10-5-4-8(2)13-14-10/h4-5,7,9H,6H2,1-3H3,(H,12,14). The first-order chi connectivity index (χ1) is 6.63. The summed E-state index contributed by atoms with van der Waals surface area (Å²) < 4.78 is 0. The Morgan fingerprint density at radius 3 is 2.57 bits per heavy atom. The van der Waals surface area contributed by atoms with E-state index >= 15 is 0 Å². The van der Waals surface area contributed by atoms with Gasteiger partial charge in [0.2, 0.25) is 0 Å². The van der Waals surface area contributed by atoms with Gasteiger partial charge in [-0.3, -0.25) is 0 Å². The highest BCUT2D eigenvalue weighted by atomic mass is 35.5. The number of hydrogen-bond donors (Lipinski definition) is 1. The number of halogens is 1. The Morgan fingerprint density at radius 1 is 1.36 bits per heavy atom. The minimum atomic E-state index is 0.310. The summed E-state index contributed by atoms with van der Waals surface area (Å²) in [6.07, 6.45) is 0. The van der Waals surface area contributed by atoms with Gasteiger partial charge in [-0.25, -0.2) is 0 Å². The van der Waals surface area contributed by atoms with E-state index in [1.165, 1.54) is 0 Å². The average Bonchev–Trinajstić information content (AvgIpc) is 2.20. The number of alkyl halides is 1. The normalized spacial score (nSPS) is 14.9. The fraction of sp³-hybridized carbons (Fsp3) is 0.600. The lowest BCUT2D eigenvalue weighted by molar-refractivity contribution is 0.563. The molecule has 1 N–H and O–H groups in total. The van der Waals surface area contributed by atoms with Crippen LogP contribution in [0.5, 0.6) is 0 Å². The highest BCUT2D eigenvalue weighted by molar-refractivity contribution is 6.18. The Labute approximate surface area is 89.9 Å². The van der Waals surface area contributed by atoms with Gasteiger partial charge < -0.3 is 5.32 Å². The molecule has 0 fully saturated rings. The van der Waals surface area contributed by atoms with Gasteiger partial charge in [-0.05, 0) is 31.9 Å². The Bertz CT molecular complexity index is 273. The number of aryl methyl sites for hydroxylation is 1. The van der Waals surface area contributed by atoms with Gasteiger partial charge in [0.15, 0.2) is 0 Å². The molecule has 0 aliphatic carbocycles. The van der Waals surface area contributed by atoms with Gasteiger partial charge in [-0.1, -0.05) is 6.92 Å². The van der Waals surface area contributed by atoms with Crippen molar-refractivity contribution in [2.24, 2.45) is 5.92 Å². The zero-order valence-electron chi connectivity index (χ0n) is 8.79. The Kier molecular flexibility index (Phi) is 4.14. The molecule has 3 nitrogen and oxygen atoms in total. The van der Waals surface area contributed by atoms with Crippen LogP contribution in [0.3, 0.4) is 0 Å². The summed E-state index contributed by atoms with van der Waals surface area (Å²) in [7, 11) is 0. The van der Waals surface area contributed by atoms with E-state index in [1.807, 2.05) is 19.1 Å².